The maximum Gasteiger partial charge on any atom is 0.322 e. The van der Waals surface area contributed by atoms with Gasteiger partial charge < -0.3 is 36.0 Å². The zero-order valence-electron chi connectivity index (χ0n) is 19.7. The number of carbonyl (C=O) groups is 2. The molecule has 2 heterocycles. The van der Waals surface area contributed by atoms with E-state index >= 15 is 0 Å². The van der Waals surface area contributed by atoms with Gasteiger partial charge in [0.25, 0.3) is 5.91 Å². The fraction of sp³-hybridized carbons (Fsp3) is 0.214. The second-order valence-electron chi connectivity index (χ2n) is 8.86. The second-order valence-corrected chi connectivity index (χ2v) is 8.86. The Kier molecular flexibility index (Phi) is 6.44. The molecule has 9 heteroatoms. The van der Waals surface area contributed by atoms with Gasteiger partial charge in [-0.25, -0.2) is 0 Å². The number of allylic oxidation sites excluding steroid dienone is 1. The number of carboxylic acids is 1. The zero-order chi connectivity index (χ0) is 26.1. The number of rotatable bonds is 5. The van der Waals surface area contributed by atoms with Crippen molar-refractivity contribution in [2.45, 2.75) is 24.8 Å². The van der Waals surface area contributed by atoms with E-state index in [0.717, 1.165) is 22.3 Å². The first-order valence-corrected chi connectivity index (χ1v) is 11.7. The molecular formula is C28H25N3O6. The van der Waals surface area contributed by atoms with Crippen molar-refractivity contribution in [1.82, 2.24) is 10.2 Å². The summed E-state index contributed by atoms with van der Waals surface area (Å²) >= 11 is 0. The topological polar surface area (TPSA) is 145 Å². The molecule has 37 heavy (non-hydrogen) atoms. The van der Waals surface area contributed by atoms with Crippen molar-refractivity contribution in [2.75, 3.05) is 13.2 Å². The van der Waals surface area contributed by atoms with Crippen LogP contribution in [0, 0.1) is 12.0 Å². The van der Waals surface area contributed by atoms with Crippen LogP contribution in [0.25, 0.3) is 11.1 Å². The van der Waals surface area contributed by atoms with E-state index in [1.54, 1.807) is 11.0 Å². The first-order valence-electron chi connectivity index (χ1n) is 11.7. The van der Waals surface area contributed by atoms with Gasteiger partial charge in [-0.05, 0) is 41.2 Å². The number of aliphatic hydroxyl groups excluding tert-OH is 2. The summed E-state index contributed by atoms with van der Waals surface area (Å²) in [7, 11) is 0. The van der Waals surface area contributed by atoms with E-state index in [1.807, 2.05) is 54.6 Å². The molecule has 1 saturated heterocycles. The van der Waals surface area contributed by atoms with Crippen molar-refractivity contribution >= 4 is 11.9 Å². The van der Waals surface area contributed by atoms with Crippen LogP contribution in [0.4, 0.5) is 0 Å². The maximum absolute atomic E-state index is 12.8. The van der Waals surface area contributed by atoms with Crippen molar-refractivity contribution in [3.63, 3.8) is 0 Å². The Bertz CT molecular complexity index is 1400. The van der Waals surface area contributed by atoms with Crippen LogP contribution < -0.4 is 11.1 Å². The molecule has 0 bridgehead atoms. The third-order valence-electron chi connectivity index (χ3n) is 6.69. The molecule has 9 nitrogen and oxygen atoms in total. The van der Waals surface area contributed by atoms with Crippen LogP contribution in [0.2, 0.25) is 0 Å². The Morgan fingerprint density at radius 2 is 1.78 bits per heavy atom. The number of aliphatic carboxylic acids is 1. The summed E-state index contributed by atoms with van der Waals surface area (Å²) in [5.74, 6) is 0.343. The number of aliphatic hydroxyl groups is 2. The Hall–Kier alpha value is -4.52. The Labute approximate surface area is 213 Å². The van der Waals surface area contributed by atoms with Gasteiger partial charge in [-0.3, -0.25) is 9.59 Å². The summed E-state index contributed by atoms with van der Waals surface area (Å²) in [6.07, 6.45) is 2.21. The molecule has 3 unspecified atom stereocenters. The number of hydrogen-bond acceptors (Lipinski definition) is 7. The van der Waals surface area contributed by atoms with Gasteiger partial charge in [-0.2, -0.15) is 0 Å². The average Bonchev–Trinajstić information content (AvgIpc) is 2.91. The van der Waals surface area contributed by atoms with E-state index in [4.69, 9.17) is 15.6 Å². The van der Waals surface area contributed by atoms with Gasteiger partial charge in [0.05, 0.1) is 18.3 Å². The molecule has 3 aliphatic rings. The molecule has 0 aromatic heterocycles. The number of carbonyl (C=O) groups excluding carboxylic acids is 1. The van der Waals surface area contributed by atoms with E-state index in [2.05, 4.69) is 17.3 Å². The number of morpholine rings is 1. The average molecular weight is 500 g/mol. The predicted molar refractivity (Wildman–Crippen MR) is 134 cm³/mol. The molecule has 6 N–H and O–H groups in total. The molecule has 2 aromatic carbocycles. The summed E-state index contributed by atoms with van der Waals surface area (Å²) < 4.78 is 6.11. The summed E-state index contributed by atoms with van der Waals surface area (Å²) in [4.78, 5) is 25.4. The lowest BCUT2D eigenvalue weighted by molar-refractivity contribution is -0.138. The third-order valence-corrected chi connectivity index (χ3v) is 6.69. The van der Waals surface area contributed by atoms with Crippen LogP contribution in [0.3, 0.4) is 0 Å². The van der Waals surface area contributed by atoms with E-state index in [-0.39, 0.29) is 24.0 Å². The van der Waals surface area contributed by atoms with Gasteiger partial charge in [0.1, 0.15) is 24.0 Å². The van der Waals surface area contributed by atoms with Crippen LogP contribution in [-0.2, 0) is 14.3 Å². The number of hydrogen-bond donors (Lipinski definition) is 5. The standard InChI is InChI=1S/C28H25N3O6/c29-13-12-16-4-6-17(7-5-16)18-8-10-19(11-9-18)21-15-37-22-3-1-2-20-25(22)31(21)28(36)24(26(20)34)27(35)30-14-23(32)33/h1-2,4-11,21-22,28,34,36H,3,14-15,29H2,(H,30,35)(H,32,33). The predicted octanol–water partition coefficient (Wildman–Crippen LogP) is 1.92. The number of nitrogens with zero attached hydrogens (tertiary/aromatic N) is 1. The molecule has 2 aromatic rings. The highest BCUT2D eigenvalue weighted by Crippen LogP contribution is 2.45. The highest BCUT2D eigenvalue weighted by molar-refractivity contribution is 5.97. The summed E-state index contributed by atoms with van der Waals surface area (Å²) in [6, 6.07) is 17.4. The monoisotopic (exact) mass is 499 g/mol. The number of nitrogens with two attached hydrogens (primary N) is 1. The molecule has 0 saturated carbocycles. The Balaban J connectivity index is 1.48. The van der Waals surface area contributed by atoms with Crippen LogP contribution in [0.15, 0.2) is 83.3 Å². The molecule has 0 radical (unpaired) electrons. The molecule has 1 aliphatic carbocycles. The van der Waals surface area contributed by atoms with Gasteiger partial charge in [-0.1, -0.05) is 48.6 Å². The SMILES string of the molecule is NC#Cc1ccc(-c2ccc(C3COC4CC=CC5=C4N3C(O)C(C(=O)NCC(=O)O)=C5O)cc2)cc1. The van der Waals surface area contributed by atoms with Crippen molar-refractivity contribution in [2.24, 2.45) is 5.73 Å². The quantitative estimate of drug-likeness (QED) is 0.310. The maximum atomic E-state index is 12.8. The lowest BCUT2D eigenvalue weighted by atomic mass is 9.87. The summed E-state index contributed by atoms with van der Waals surface area (Å²) in [5, 5.41) is 33.4. The number of ether oxygens (including phenoxy) is 1. The normalized spacial score (nSPS) is 22.2. The van der Waals surface area contributed by atoms with Gasteiger partial charge in [0.15, 0.2) is 6.23 Å². The van der Waals surface area contributed by atoms with Crippen molar-refractivity contribution in [1.29, 1.82) is 0 Å². The van der Waals surface area contributed by atoms with E-state index in [1.165, 1.54) is 0 Å². The lowest BCUT2D eigenvalue weighted by Gasteiger charge is -2.49. The molecule has 5 rings (SSSR count). The van der Waals surface area contributed by atoms with Gasteiger partial charge in [0, 0.05) is 17.2 Å². The largest absolute Gasteiger partial charge is 0.507 e. The lowest BCUT2D eigenvalue weighted by Crippen LogP contribution is -2.53. The minimum atomic E-state index is -1.49. The molecule has 188 valence electrons. The van der Waals surface area contributed by atoms with Crippen LogP contribution in [0.1, 0.15) is 23.6 Å². The molecule has 0 spiro atoms. The van der Waals surface area contributed by atoms with Crippen LogP contribution >= 0.6 is 0 Å². The van der Waals surface area contributed by atoms with Crippen LogP contribution in [0.5, 0.6) is 0 Å². The van der Waals surface area contributed by atoms with Crippen LogP contribution in [-0.4, -0.2) is 57.6 Å². The number of nitrogens with one attached hydrogen (secondary N) is 1. The number of amides is 1. The van der Waals surface area contributed by atoms with E-state index in [0.29, 0.717) is 17.7 Å². The molecule has 1 fully saturated rings. The summed E-state index contributed by atoms with van der Waals surface area (Å²) in [5.41, 5.74) is 9.61. The Morgan fingerprint density at radius 1 is 1.11 bits per heavy atom. The second kappa shape index (κ2) is 9.85. The minimum absolute atomic E-state index is 0.253. The van der Waals surface area contributed by atoms with Crippen molar-refractivity contribution in [3.8, 4) is 23.1 Å². The van der Waals surface area contributed by atoms with Gasteiger partial charge >= 0.3 is 5.97 Å². The van der Waals surface area contributed by atoms with Crippen molar-refractivity contribution < 1.29 is 29.6 Å². The number of benzene rings is 2. The Morgan fingerprint density at radius 3 is 2.43 bits per heavy atom. The highest BCUT2D eigenvalue weighted by Gasteiger charge is 2.46. The van der Waals surface area contributed by atoms with E-state index < -0.39 is 30.7 Å². The molecule has 3 atom stereocenters. The third kappa shape index (κ3) is 4.44. The fourth-order valence-electron chi connectivity index (χ4n) is 4.96. The minimum Gasteiger partial charge on any atom is -0.507 e. The molecule has 2 aliphatic heterocycles. The molecule has 1 amide bonds. The van der Waals surface area contributed by atoms with E-state index in [9.17, 15) is 19.8 Å². The fourth-order valence-corrected chi connectivity index (χ4v) is 4.96. The zero-order valence-corrected chi connectivity index (χ0v) is 19.7. The highest BCUT2D eigenvalue weighted by atomic mass is 16.5. The smallest absolute Gasteiger partial charge is 0.322 e. The first kappa shape index (κ1) is 24.2. The number of carboxylic acid groups (broad SMARTS) is 1. The van der Waals surface area contributed by atoms with Gasteiger partial charge in [0.2, 0.25) is 0 Å². The summed E-state index contributed by atoms with van der Waals surface area (Å²) in [6.45, 7) is -0.386. The van der Waals surface area contributed by atoms with Crippen molar-refractivity contribution in [3.05, 3.63) is 94.4 Å². The first-order chi connectivity index (χ1) is 17.9. The van der Waals surface area contributed by atoms with Gasteiger partial charge in [-0.15, -0.1) is 0 Å². The molecular weight excluding hydrogens is 474 g/mol.